The van der Waals surface area contributed by atoms with Gasteiger partial charge in [-0.2, -0.15) is 0 Å². The first kappa shape index (κ1) is 18.7. The number of nitrogens with zero attached hydrogens (tertiary/aromatic N) is 2. The van der Waals surface area contributed by atoms with Gasteiger partial charge in [-0.15, -0.1) is 0 Å². The van der Waals surface area contributed by atoms with Crippen molar-refractivity contribution in [1.29, 1.82) is 0 Å². The third-order valence-electron chi connectivity index (χ3n) is 6.01. The largest absolute Gasteiger partial charge is 0.348 e. The Bertz CT molecular complexity index is 876. The summed E-state index contributed by atoms with van der Waals surface area (Å²) < 4.78 is 0. The highest BCUT2D eigenvalue weighted by atomic mass is 16.2. The van der Waals surface area contributed by atoms with Gasteiger partial charge in [-0.05, 0) is 26.0 Å². The average molecular weight is 382 g/mol. The van der Waals surface area contributed by atoms with Gasteiger partial charge in [-0.3, -0.25) is 9.59 Å². The summed E-state index contributed by atoms with van der Waals surface area (Å²) in [6.07, 6.45) is 4.58. The van der Waals surface area contributed by atoms with Crippen LogP contribution in [0.15, 0.2) is 24.5 Å². The summed E-state index contributed by atoms with van der Waals surface area (Å²) in [5.41, 5.74) is 5.08. The summed E-state index contributed by atoms with van der Waals surface area (Å²) in [4.78, 5) is 34.7. The molecule has 1 aromatic heterocycles. The van der Waals surface area contributed by atoms with Crippen LogP contribution < -0.4 is 10.6 Å². The molecule has 2 aliphatic heterocycles. The number of hydrogen-bond donors (Lipinski definition) is 3. The Morgan fingerprint density at radius 3 is 2.64 bits per heavy atom. The lowest BCUT2D eigenvalue weighted by Gasteiger charge is -2.41. The molecule has 7 heteroatoms. The number of H-pyrrole nitrogens is 1. The predicted octanol–water partition coefficient (Wildman–Crippen LogP) is 0.394. The van der Waals surface area contributed by atoms with Crippen LogP contribution in [0.1, 0.15) is 45.7 Å². The summed E-state index contributed by atoms with van der Waals surface area (Å²) in [5.74, 6) is -0.221. The van der Waals surface area contributed by atoms with Crippen LogP contribution in [0.4, 0.5) is 0 Å². The summed E-state index contributed by atoms with van der Waals surface area (Å²) in [5, 5.41) is 5.17. The number of imidazole rings is 1. The number of nitrogens with one attached hydrogen (secondary N) is 2. The van der Waals surface area contributed by atoms with Gasteiger partial charge in [0.1, 0.15) is 11.2 Å². The molecule has 148 valence electrons. The van der Waals surface area contributed by atoms with Crippen LogP contribution in [0.25, 0.3) is 0 Å². The van der Waals surface area contributed by atoms with Gasteiger partial charge in [0.05, 0.1) is 19.4 Å². The molecule has 0 radical (unpaired) electrons. The third-order valence-corrected chi connectivity index (χ3v) is 6.01. The van der Waals surface area contributed by atoms with Crippen LogP contribution in [0.5, 0.6) is 0 Å². The minimum Gasteiger partial charge on any atom is -0.348 e. The van der Waals surface area contributed by atoms with E-state index < -0.39 is 0 Å². The molecule has 2 aromatic rings. The van der Waals surface area contributed by atoms with Gasteiger partial charge in [0, 0.05) is 43.6 Å². The molecular formula is C21H28N5O2+. The summed E-state index contributed by atoms with van der Waals surface area (Å²) in [6, 6.07) is 5.72. The molecule has 4 N–H and O–H groups in total. The first-order chi connectivity index (χ1) is 13.5. The van der Waals surface area contributed by atoms with Crippen molar-refractivity contribution in [1.82, 2.24) is 20.2 Å². The predicted molar refractivity (Wildman–Crippen MR) is 105 cm³/mol. The molecule has 3 heterocycles. The van der Waals surface area contributed by atoms with Crippen LogP contribution in [0.2, 0.25) is 0 Å². The number of aromatic nitrogens is 2. The van der Waals surface area contributed by atoms with Crippen molar-refractivity contribution in [2.75, 3.05) is 26.2 Å². The highest BCUT2D eigenvalue weighted by Gasteiger charge is 2.45. The number of amides is 2. The molecule has 1 saturated heterocycles. The number of nitrogens with two attached hydrogens (primary N) is 1. The van der Waals surface area contributed by atoms with Crippen LogP contribution in [-0.2, 0) is 16.8 Å². The monoisotopic (exact) mass is 382 g/mol. The lowest BCUT2D eigenvalue weighted by Crippen LogP contribution is -2.97. The van der Waals surface area contributed by atoms with E-state index in [2.05, 4.69) is 20.6 Å². The highest BCUT2D eigenvalue weighted by Crippen LogP contribution is 2.31. The number of benzene rings is 1. The number of hydrogen-bond acceptors (Lipinski definition) is 3. The standard InChI is InChI=1S/C21H27N5O2/c1-14-9-15(2)11-16(10-14)20(28)22-12-18(27)26-7-4-21(5-8-26)19-17(3-6-25-21)23-13-24-19/h9-11,13,25H,3-8,12H2,1-2H3,(H,22,28)(H,23,24)/p+1. The molecule has 4 rings (SSSR count). The maximum Gasteiger partial charge on any atom is 0.251 e. The van der Waals surface area contributed by atoms with Crippen molar-refractivity contribution < 1.29 is 14.9 Å². The molecule has 0 bridgehead atoms. The van der Waals surface area contributed by atoms with E-state index in [1.165, 1.54) is 5.69 Å². The van der Waals surface area contributed by atoms with Crippen molar-refractivity contribution >= 4 is 11.8 Å². The lowest BCUT2D eigenvalue weighted by molar-refractivity contribution is -0.743. The summed E-state index contributed by atoms with van der Waals surface area (Å²) in [6.45, 7) is 6.41. The molecule has 7 nitrogen and oxygen atoms in total. The van der Waals surface area contributed by atoms with E-state index in [-0.39, 0.29) is 23.9 Å². The zero-order valence-electron chi connectivity index (χ0n) is 16.5. The highest BCUT2D eigenvalue weighted by molar-refractivity contribution is 5.96. The maximum atomic E-state index is 12.6. The number of fused-ring (bicyclic) bond motifs is 2. The van der Waals surface area contributed by atoms with Gasteiger partial charge in [0.25, 0.3) is 5.91 Å². The van der Waals surface area contributed by atoms with Crippen LogP contribution >= 0.6 is 0 Å². The van der Waals surface area contributed by atoms with E-state index in [0.29, 0.717) is 18.7 Å². The zero-order valence-corrected chi connectivity index (χ0v) is 16.5. The van der Waals surface area contributed by atoms with E-state index >= 15 is 0 Å². The smallest absolute Gasteiger partial charge is 0.251 e. The van der Waals surface area contributed by atoms with Crippen LogP contribution in [0, 0.1) is 13.8 Å². The Hall–Kier alpha value is -2.67. The number of likely N-dealkylation sites (tertiary alicyclic amines) is 1. The molecule has 0 unspecified atom stereocenters. The molecule has 1 fully saturated rings. The number of carbonyl (C=O) groups is 2. The van der Waals surface area contributed by atoms with E-state index in [1.807, 2.05) is 36.9 Å². The number of quaternary nitrogens is 1. The molecule has 2 aliphatic rings. The van der Waals surface area contributed by atoms with Gasteiger partial charge >= 0.3 is 0 Å². The van der Waals surface area contributed by atoms with Gasteiger partial charge in [0.2, 0.25) is 5.91 Å². The Kier molecular flexibility index (Phi) is 4.93. The van der Waals surface area contributed by atoms with E-state index in [1.54, 1.807) is 6.33 Å². The molecule has 0 saturated carbocycles. The number of piperidine rings is 1. The maximum absolute atomic E-state index is 12.6. The number of aromatic amines is 1. The Morgan fingerprint density at radius 1 is 1.21 bits per heavy atom. The van der Waals surface area contributed by atoms with Gasteiger partial charge in [0.15, 0.2) is 0 Å². The fourth-order valence-electron chi connectivity index (χ4n) is 4.60. The minimum absolute atomic E-state index is 0.00724. The zero-order chi connectivity index (χ0) is 19.7. The molecular weight excluding hydrogens is 354 g/mol. The molecule has 2 amide bonds. The first-order valence-corrected chi connectivity index (χ1v) is 9.98. The van der Waals surface area contributed by atoms with Gasteiger partial charge in [-0.25, -0.2) is 4.98 Å². The van der Waals surface area contributed by atoms with Crippen molar-refractivity contribution in [3.8, 4) is 0 Å². The molecule has 28 heavy (non-hydrogen) atoms. The molecule has 1 aromatic carbocycles. The molecule has 0 aliphatic carbocycles. The molecule has 0 atom stereocenters. The van der Waals surface area contributed by atoms with Crippen molar-refractivity contribution in [3.05, 3.63) is 52.6 Å². The number of aryl methyl sites for hydroxylation is 2. The van der Waals surface area contributed by atoms with Crippen molar-refractivity contribution in [2.24, 2.45) is 0 Å². The van der Waals surface area contributed by atoms with Crippen LogP contribution in [0.3, 0.4) is 0 Å². The fraction of sp³-hybridized carbons (Fsp3) is 0.476. The minimum atomic E-state index is -0.199. The Morgan fingerprint density at radius 2 is 1.93 bits per heavy atom. The molecule has 1 spiro atoms. The van der Waals surface area contributed by atoms with Crippen LogP contribution in [-0.4, -0.2) is 52.9 Å². The normalized spacial score (nSPS) is 18.0. The van der Waals surface area contributed by atoms with Gasteiger partial charge in [-0.1, -0.05) is 17.2 Å². The van der Waals surface area contributed by atoms with Crippen molar-refractivity contribution in [2.45, 2.75) is 38.6 Å². The first-order valence-electron chi connectivity index (χ1n) is 9.98. The second-order valence-corrected chi connectivity index (χ2v) is 8.07. The average Bonchev–Trinajstić information content (AvgIpc) is 3.16. The lowest BCUT2D eigenvalue weighted by atomic mass is 9.80. The van der Waals surface area contributed by atoms with E-state index in [9.17, 15) is 9.59 Å². The van der Waals surface area contributed by atoms with E-state index in [4.69, 9.17) is 0 Å². The quantitative estimate of drug-likeness (QED) is 0.717. The topological polar surface area (TPSA) is 94.7 Å². The van der Waals surface area contributed by atoms with Crippen molar-refractivity contribution in [3.63, 3.8) is 0 Å². The van der Waals surface area contributed by atoms with E-state index in [0.717, 1.165) is 42.6 Å². The Balaban J connectivity index is 1.33. The second-order valence-electron chi connectivity index (χ2n) is 8.07. The van der Waals surface area contributed by atoms with Gasteiger partial charge < -0.3 is 20.5 Å². The number of carbonyl (C=O) groups excluding carboxylic acids is 2. The second kappa shape index (κ2) is 7.39. The number of rotatable bonds is 3. The SMILES string of the molecule is Cc1cc(C)cc(C(=O)NCC(=O)N2CCC3(CC2)[NH2+]CCc2[nH]cnc23)c1. The summed E-state index contributed by atoms with van der Waals surface area (Å²) >= 11 is 0. The third kappa shape index (κ3) is 3.54. The Labute approximate surface area is 164 Å². The summed E-state index contributed by atoms with van der Waals surface area (Å²) in [7, 11) is 0. The fourth-order valence-corrected chi connectivity index (χ4v) is 4.60.